The van der Waals surface area contributed by atoms with E-state index in [9.17, 15) is 13.2 Å². The van der Waals surface area contributed by atoms with Crippen LogP contribution >= 0.6 is 0 Å². The average molecular weight is 357 g/mol. The Labute approximate surface area is 141 Å². The van der Waals surface area contributed by atoms with Crippen molar-refractivity contribution in [2.45, 2.75) is 41.8 Å². The molecule has 2 rings (SSSR count). The van der Waals surface area contributed by atoms with Gasteiger partial charge < -0.3 is 20.9 Å². The number of carbonyl (C=O) groups is 1. The Bertz CT molecular complexity index is 692. The molecule has 5 N–H and O–H groups in total. The number of nitrogens with one attached hydrogen (secondary N) is 1. The van der Waals surface area contributed by atoms with Gasteiger partial charge in [0.25, 0.3) is 0 Å². The molecule has 0 radical (unpaired) electrons. The van der Waals surface area contributed by atoms with E-state index in [2.05, 4.69) is 4.72 Å². The summed E-state index contributed by atoms with van der Waals surface area (Å²) in [6.07, 6.45) is 1.58. The summed E-state index contributed by atoms with van der Waals surface area (Å²) >= 11 is 0. The van der Waals surface area contributed by atoms with Crippen molar-refractivity contribution in [3.05, 3.63) is 24.3 Å². The molecule has 1 aromatic rings. The van der Waals surface area contributed by atoms with Gasteiger partial charge in [-0.2, -0.15) is 0 Å². The monoisotopic (exact) mass is 357 g/mol. The van der Waals surface area contributed by atoms with Gasteiger partial charge >= 0.3 is 5.97 Å². The van der Waals surface area contributed by atoms with E-state index in [4.69, 9.17) is 20.9 Å². The Morgan fingerprint density at radius 2 is 1.88 bits per heavy atom. The lowest BCUT2D eigenvalue weighted by molar-refractivity contribution is -0.150. The third-order valence-corrected chi connectivity index (χ3v) is 5.89. The standard InChI is InChI=1S/C15H23N3O5S/c1-22-10-6-8-11(9-7-10)24(20,21)18-13-5-3-4-12(16)15(13,17)14(19)23-2/h6-9,12-13,18H,3-5,16-17H2,1-2H3/t12-,13+,15+/m0/s1. The number of hydrogen-bond donors (Lipinski definition) is 3. The summed E-state index contributed by atoms with van der Waals surface area (Å²) in [7, 11) is -1.18. The highest BCUT2D eigenvalue weighted by molar-refractivity contribution is 7.89. The van der Waals surface area contributed by atoms with E-state index < -0.39 is 33.6 Å². The number of sulfonamides is 1. The van der Waals surface area contributed by atoms with Crippen molar-refractivity contribution >= 4 is 16.0 Å². The van der Waals surface area contributed by atoms with Gasteiger partial charge in [0.05, 0.1) is 25.2 Å². The quantitative estimate of drug-likeness (QED) is 0.617. The van der Waals surface area contributed by atoms with Gasteiger partial charge in [-0.15, -0.1) is 0 Å². The maximum Gasteiger partial charge on any atom is 0.329 e. The molecular weight excluding hydrogens is 334 g/mol. The van der Waals surface area contributed by atoms with Gasteiger partial charge in [0.1, 0.15) is 11.3 Å². The molecule has 24 heavy (non-hydrogen) atoms. The highest BCUT2D eigenvalue weighted by Gasteiger charge is 2.51. The first-order valence-electron chi connectivity index (χ1n) is 7.55. The van der Waals surface area contributed by atoms with Crippen molar-refractivity contribution in [2.24, 2.45) is 11.5 Å². The SMILES string of the molecule is COC(=O)[C@@]1(N)[C@@H](N)CCC[C@H]1NS(=O)(=O)c1ccc(OC)cc1. The normalized spacial score (nSPS) is 27.5. The lowest BCUT2D eigenvalue weighted by Crippen LogP contribution is -2.73. The van der Waals surface area contributed by atoms with Crippen molar-refractivity contribution in [3.63, 3.8) is 0 Å². The second-order valence-electron chi connectivity index (χ2n) is 5.81. The number of hydrogen-bond acceptors (Lipinski definition) is 7. The molecule has 1 fully saturated rings. The van der Waals surface area contributed by atoms with Gasteiger partial charge in [-0.3, -0.25) is 0 Å². The first-order valence-corrected chi connectivity index (χ1v) is 9.03. The Morgan fingerprint density at radius 3 is 2.42 bits per heavy atom. The lowest BCUT2D eigenvalue weighted by atomic mass is 9.75. The Balaban J connectivity index is 2.30. The summed E-state index contributed by atoms with van der Waals surface area (Å²) in [5.74, 6) is -0.187. The number of esters is 1. The lowest BCUT2D eigenvalue weighted by Gasteiger charge is -2.42. The zero-order chi connectivity index (χ0) is 18.0. The molecule has 8 nitrogen and oxygen atoms in total. The average Bonchev–Trinajstić information content (AvgIpc) is 2.58. The van der Waals surface area contributed by atoms with Crippen LogP contribution in [0.25, 0.3) is 0 Å². The second-order valence-corrected chi connectivity index (χ2v) is 7.53. The topological polar surface area (TPSA) is 134 Å². The minimum Gasteiger partial charge on any atom is -0.497 e. The van der Waals surface area contributed by atoms with Gasteiger partial charge in [0.2, 0.25) is 10.0 Å². The first kappa shape index (κ1) is 18.7. The fourth-order valence-corrected chi connectivity index (χ4v) is 4.23. The van der Waals surface area contributed by atoms with Crippen LogP contribution in [-0.2, 0) is 19.6 Å². The van der Waals surface area contributed by atoms with Crippen molar-refractivity contribution in [1.29, 1.82) is 0 Å². The number of rotatable bonds is 5. The number of benzene rings is 1. The van der Waals surface area contributed by atoms with Crippen LogP contribution < -0.4 is 20.9 Å². The van der Waals surface area contributed by atoms with E-state index in [1.165, 1.54) is 38.5 Å². The van der Waals surface area contributed by atoms with E-state index in [-0.39, 0.29) is 4.90 Å². The van der Waals surface area contributed by atoms with Crippen LogP contribution in [0.3, 0.4) is 0 Å². The van der Waals surface area contributed by atoms with Crippen LogP contribution in [0.1, 0.15) is 19.3 Å². The van der Waals surface area contributed by atoms with Gasteiger partial charge in [0.15, 0.2) is 0 Å². The van der Waals surface area contributed by atoms with Crippen LogP contribution in [0.5, 0.6) is 5.75 Å². The third kappa shape index (κ3) is 3.39. The number of ether oxygens (including phenoxy) is 2. The summed E-state index contributed by atoms with van der Waals surface area (Å²) in [6.45, 7) is 0. The maximum absolute atomic E-state index is 12.6. The van der Waals surface area contributed by atoms with E-state index in [1.54, 1.807) is 0 Å². The molecule has 0 spiro atoms. The number of carbonyl (C=O) groups excluding carboxylic acids is 1. The van der Waals surface area contributed by atoms with E-state index in [0.29, 0.717) is 25.0 Å². The summed E-state index contributed by atoms with van der Waals surface area (Å²) in [4.78, 5) is 12.2. The largest absolute Gasteiger partial charge is 0.497 e. The summed E-state index contributed by atoms with van der Waals surface area (Å²) < 4.78 is 37.5. The van der Waals surface area contributed by atoms with Gasteiger partial charge in [-0.05, 0) is 37.1 Å². The molecular formula is C15H23N3O5S. The number of methoxy groups -OCH3 is 2. The van der Waals surface area contributed by atoms with E-state index in [1.807, 2.05) is 0 Å². The van der Waals surface area contributed by atoms with Crippen LogP contribution in [0.2, 0.25) is 0 Å². The third-order valence-electron chi connectivity index (χ3n) is 4.40. The molecule has 0 aliphatic heterocycles. The molecule has 0 unspecified atom stereocenters. The fraction of sp³-hybridized carbons (Fsp3) is 0.533. The molecule has 0 amide bonds. The number of nitrogens with two attached hydrogens (primary N) is 2. The van der Waals surface area contributed by atoms with E-state index in [0.717, 1.165) is 0 Å². The van der Waals surface area contributed by atoms with Crippen molar-refractivity contribution in [1.82, 2.24) is 4.72 Å². The highest BCUT2D eigenvalue weighted by atomic mass is 32.2. The molecule has 134 valence electrons. The second kappa shape index (κ2) is 7.06. The highest BCUT2D eigenvalue weighted by Crippen LogP contribution is 2.28. The van der Waals surface area contributed by atoms with Crippen molar-refractivity contribution in [2.75, 3.05) is 14.2 Å². The molecule has 9 heteroatoms. The van der Waals surface area contributed by atoms with Crippen molar-refractivity contribution in [3.8, 4) is 5.75 Å². The smallest absolute Gasteiger partial charge is 0.329 e. The molecule has 1 aliphatic carbocycles. The molecule has 0 aromatic heterocycles. The molecule has 3 atom stereocenters. The first-order chi connectivity index (χ1) is 11.3. The van der Waals surface area contributed by atoms with Crippen LogP contribution in [-0.4, -0.2) is 46.2 Å². The molecule has 0 saturated heterocycles. The molecule has 1 aliphatic rings. The summed E-state index contributed by atoms with van der Waals surface area (Å²) in [5.41, 5.74) is 10.6. The zero-order valence-electron chi connectivity index (χ0n) is 13.7. The Morgan fingerprint density at radius 1 is 1.25 bits per heavy atom. The molecule has 1 saturated carbocycles. The minimum atomic E-state index is -3.87. The van der Waals surface area contributed by atoms with Crippen LogP contribution in [0.15, 0.2) is 29.2 Å². The summed E-state index contributed by atoms with van der Waals surface area (Å²) in [6, 6.07) is 4.37. The van der Waals surface area contributed by atoms with Crippen LogP contribution in [0, 0.1) is 0 Å². The van der Waals surface area contributed by atoms with Gasteiger partial charge in [0, 0.05) is 6.04 Å². The predicted octanol–water partition coefficient (Wildman–Crippen LogP) is -0.276. The van der Waals surface area contributed by atoms with E-state index >= 15 is 0 Å². The molecule has 1 aromatic carbocycles. The maximum atomic E-state index is 12.6. The Hall–Kier alpha value is -1.68. The Kier molecular flexibility index (Phi) is 5.49. The molecule has 0 bridgehead atoms. The van der Waals surface area contributed by atoms with Gasteiger partial charge in [-0.25, -0.2) is 17.9 Å². The predicted molar refractivity (Wildman–Crippen MR) is 87.9 cm³/mol. The fourth-order valence-electron chi connectivity index (χ4n) is 2.92. The minimum absolute atomic E-state index is 0.0506. The van der Waals surface area contributed by atoms with Gasteiger partial charge in [-0.1, -0.05) is 6.42 Å². The van der Waals surface area contributed by atoms with Crippen LogP contribution in [0.4, 0.5) is 0 Å². The summed E-state index contributed by atoms with van der Waals surface area (Å²) in [5, 5.41) is 0. The molecule has 0 heterocycles. The zero-order valence-corrected chi connectivity index (χ0v) is 14.5. The van der Waals surface area contributed by atoms with Crippen molar-refractivity contribution < 1.29 is 22.7 Å².